The van der Waals surface area contributed by atoms with Gasteiger partial charge in [-0.25, -0.2) is 0 Å². The highest BCUT2D eigenvalue weighted by Gasteiger charge is 2.29. The monoisotopic (exact) mass is 228 g/mol. The number of likely N-dealkylation sites (N-methyl/N-ethyl adjacent to an activating group) is 1. The van der Waals surface area contributed by atoms with Gasteiger partial charge < -0.3 is 15.7 Å². The number of rotatable bonds is 4. The van der Waals surface area contributed by atoms with Crippen molar-refractivity contribution in [1.29, 1.82) is 0 Å². The Balaban J connectivity index is 2.48. The first-order valence-electron chi connectivity index (χ1n) is 6.25. The van der Waals surface area contributed by atoms with Gasteiger partial charge in [0.2, 0.25) is 5.91 Å². The van der Waals surface area contributed by atoms with Crippen molar-refractivity contribution in [2.75, 3.05) is 7.05 Å². The van der Waals surface area contributed by atoms with Gasteiger partial charge in [-0.15, -0.1) is 0 Å². The number of aliphatic hydroxyl groups excluding tert-OH is 1. The van der Waals surface area contributed by atoms with Crippen LogP contribution in [0.2, 0.25) is 0 Å². The second-order valence-corrected chi connectivity index (χ2v) is 4.80. The van der Waals surface area contributed by atoms with Crippen molar-refractivity contribution in [2.24, 2.45) is 5.73 Å². The van der Waals surface area contributed by atoms with Crippen LogP contribution in [0, 0.1) is 0 Å². The van der Waals surface area contributed by atoms with E-state index in [9.17, 15) is 9.90 Å². The summed E-state index contributed by atoms with van der Waals surface area (Å²) in [6, 6.07) is -0.0685. The first-order chi connectivity index (χ1) is 7.56. The molecule has 0 spiro atoms. The third-order valence-electron chi connectivity index (χ3n) is 3.55. The molecule has 4 heteroatoms. The lowest BCUT2D eigenvalue weighted by Gasteiger charge is -2.35. The van der Waals surface area contributed by atoms with Gasteiger partial charge in [-0.05, 0) is 19.3 Å². The van der Waals surface area contributed by atoms with Crippen LogP contribution in [-0.2, 0) is 4.79 Å². The SMILES string of the molecule is CCC(N)CC(=O)N(C)C1CCCCC1O. The summed E-state index contributed by atoms with van der Waals surface area (Å²) in [4.78, 5) is 13.6. The molecule has 0 aromatic heterocycles. The highest BCUT2D eigenvalue weighted by atomic mass is 16.3. The Kier molecular flexibility index (Phi) is 5.22. The third-order valence-corrected chi connectivity index (χ3v) is 3.55. The van der Waals surface area contributed by atoms with Gasteiger partial charge in [0.25, 0.3) is 0 Å². The largest absolute Gasteiger partial charge is 0.391 e. The molecule has 3 N–H and O–H groups in total. The van der Waals surface area contributed by atoms with Crippen molar-refractivity contribution >= 4 is 5.91 Å². The number of amides is 1. The zero-order valence-electron chi connectivity index (χ0n) is 10.4. The van der Waals surface area contributed by atoms with Crippen LogP contribution in [0.5, 0.6) is 0 Å². The Bertz CT molecular complexity index is 233. The molecule has 0 aromatic carbocycles. The molecule has 1 saturated carbocycles. The van der Waals surface area contributed by atoms with Crippen molar-refractivity contribution in [3.8, 4) is 0 Å². The molecule has 0 heterocycles. The van der Waals surface area contributed by atoms with Gasteiger partial charge in [0.15, 0.2) is 0 Å². The molecule has 3 atom stereocenters. The minimum absolute atomic E-state index is 0.00898. The van der Waals surface area contributed by atoms with E-state index in [1.165, 1.54) is 0 Å². The Morgan fingerprint density at radius 2 is 2.12 bits per heavy atom. The lowest BCUT2D eigenvalue weighted by Crippen LogP contribution is -2.47. The zero-order valence-corrected chi connectivity index (χ0v) is 10.4. The quantitative estimate of drug-likeness (QED) is 0.750. The summed E-state index contributed by atoms with van der Waals surface area (Å²) in [5.41, 5.74) is 5.77. The molecule has 1 rings (SSSR count). The molecule has 1 aliphatic rings. The second-order valence-electron chi connectivity index (χ2n) is 4.80. The first-order valence-corrected chi connectivity index (χ1v) is 6.25. The average molecular weight is 228 g/mol. The maximum absolute atomic E-state index is 11.9. The van der Waals surface area contributed by atoms with Crippen molar-refractivity contribution in [3.63, 3.8) is 0 Å². The number of hydrogen-bond donors (Lipinski definition) is 2. The van der Waals surface area contributed by atoms with Crippen molar-refractivity contribution in [1.82, 2.24) is 4.90 Å². The molecule has 0 saturated heterocycles. The summed E-state index contributed by atoms with van der Waals surface area (Å²) < 4.78 is 0. The average Bonchev–Trinajstić information content (AvgIpc) is 2.28. The lowest BCUT2D eigenvalue weighted by molar-refractivity contribution is -0.135. The van der Waals surface area contributed by atoms with Crippen LogP contribution in [0.25, 0.3) is 0 Å². The van der Waals surface area contributed by atoms with E-state index in [2.05, 4.69) is 0 Å². The van der Waals surface area contributed by atoms with E-state index in [0.717, 1.165) is 32.1 Å². The molecular formula is C12H24N2O2. The van der Waals surface area contributed by atoms with E-state index < -0.39 is 0 Å². The van der Waals surface area contributed by atoms with Crippen LogP contribution < -0.4 is 5.73 Å². The van der Waals surface area contributed by atoms with Gasteiger partial charge in [0.05, 0.1) is 12.1 Å². The number of carbonyl (C=O) groups excluding carboxylic acids is 1. The summed E-state index contributed by atoms with van der Waals surface area (Å²) in [5.74, 6) is 0.0558. The number of hydrogen-bond acceptors (Lipinski definition) is 3. The highest BCUT2D eigenvalue weighted by Crippen LogP contribution is 2.22. The maximum Gasteiger partial charge on any atom is 0.224 e. The van der Waals surface area contributed by atoms with Crippen molar-refractivity contribution in [3.05, 3.63) is 0 Å². The minimum Gasteiger partial charge on any atom is -0.391 e. The normalized spacial score (nSPS) is 27.5. The molecule has 0 radical (unpaired) electrons. The molecule has 1 amide bonds. The van der Waals surface area contributed by atoms with Crippen LogP contribution in [0.3, 0.4) is 0 Å². The van der Waals surface area contributed by atoms with Crippen molar-refractivity contribution < 1.29 is 9.90 Å². The summed E-state index contributed by atoms with van der Waals surface area (Å²) in [7, 11) is 1.78. The van der Waals surface area contributed by atoms with Crippen LogP contribution in [-0.4, -0.2) is 41.1 Å². The van der Waals surface area contributed by atoms with E-state index in [-0.39, 0.29) is 24.1 Å². The fourth-order valence-corrected chi connectivity index (χ4v) is 2.24. The molecule has 1 aliphatic carbocycles. The minimum atomic E-state index is -0.361. The number of carbonyl (C=O) groups is 1. The lowest BCUT2D eigenvalue weighted by atomic mass is 9.91. The van der Waals surface area contributed by atoms with Gasteiger partial charge in [0.1, 0.15) is 0 Å². The van der Waals surface area contributed by atoms with Crippen LogP contribution in [0.4, 0.5) is 0 Å². The van der Waals surface area contributed by atoms with E-state index in [1.807, 2.05) is 6.92 Å². The molecule has 94 valence electrons. The van der Waals surface area contributed by atoms with Gasteiger partial charge in [-0.2, -0.15) is 0 Å². The predicted octanol–water partition coefficient (Wildman–Crippen LogP) is 0.876. The fourth-order valence-electron chi connectivity index (χ4n) is 2.24. The first kappa shape index (κ1) is 13.5. The Morgan fingerprint density at radius 1 is 1.50 bits per heavy atom. The summed E-state index contributed by atoms with van der Waals surface area (Å²) in [6.45, 7) is 1.98. The van der Waals surface area contributed by atoms with E-state index in [1.54, 1.807) is 11.9 Å². The summed E-state index contributed by atoms with van der Waals surface area (Å²) in [6.07, 6.45) is 4.71. The number of nitrogens with two attached hydrogens (primary N) is 1. The van der Waals surface area contributed by atoms with E-state index in [0.29, 0.717) is 6.42 Å². The van der Waals surface area contributed by atoms with Gasteiger partial charge >= 0.3 is 0 Å². The van der Waals surface area contributed by atoms with Crippen LogP contribution >= 0.6 is 0 Å². The van der Waals surface area contributed by atoms with Crippen LogP contribution in [0.15, 0.2) is 0 Å². The Morgan fingerprint density at radius 3 is 2.69 bits per heavy atom. The number of nitrogens with zero attached hydrogens (tertiary/aromatic N) is 1. The van der Waals surface area contributed by atoms with E-state index >= 15 is 0 Å². The standard InChI is InChI=1S/C12H24N2O2/c1-3-9(13)8-12(16)14(2)10-6-4-5-7-11(10)15/h9-11,15H,3-8,13H2,1-2H3. The second kappa shape index (κ2) is 6.21. The molecular weight excluding hydrogens is 204 g/mol. The highest BCUT2D eigenvalue weighted by molar-refractivity contribution is 5.76. The molecule has 16 heavy (non-hydrogen) atoms. The van der Waals surface area contributed by atoms with Crippen LogP contribution in [0.1, 0.15) is 45.4 Å². The van der Waals surface area contributed by atoms with Gasteiger partial charge in [-0.3, -0.25) is 4.79 Å². The molecule has 3 unspecified atom stereocenters. The molecule has 0 bridgehead atoms. The molecule has 0 aliphatic heterocycles. The Labute approximate surface area is 97.8 Å². The predicted molar refractivity (Wildman–Crippen MR) is 63.9 cm³/mol. The molecule has 0 aromatic rings. The number of aliphatic hydroxyl groups is 1. The topological polar surface area (TPSA) is 66.6 Å². The molecule has 4 nitrogen and oxygen atoms in total. The maximum atomic E-state index is 11.9. The molecule has 1 fully saturated rings. The smallest absolute Gasteiger partial charge is 0.224 e. The van der Waals surface area contributed by atoms with Gasteiger partial charge in [0, 0.05) is 19.5 Å². The summed E-state index contributed by atoms with van der Waals surface area (Å²) in [5, 5.41) is 9.85. The van der Waals surface area contributed by atoms with Gasteiger partial charge in [-0.1, -0.05) is 19.8 Å². The fraction of sp³-hybridized carbons (Fsp3) is 0.917. The van der Waals surface area contributed by atoms with Crippen molar-refractivity contribution in [2.45, 2.75) is 63.6 Å². The third kappa shape index (κ3) is 3.46. The van der Waals surface area contributed by atoms with E-state index in [4.69, 9.17) is 5.73 Å². The zero-order chi connectivity index (χ0) is 12.1. The summed E-state index contributed by atoms with van der Waals surface area (Å²) >= 11 is 0. The Hall–Kier alpha value is -0.610.